The summed E-state index contributed by atoms with van der Waals surface area (Å²) in [6.07, 6.45) is 8.47. The summed E-state index contributed by atoms with van der Waals surface area (Å²) in [4.78, 5) is 16.8. The Morgan fingerprint density at radius 3 is 2.57 bits per heavy atom. The van der Waals surface area contributed by atoms with E-state index in [4.69, 9.17) is 5.73 Å². The number of hydrogen-bond donors (Lipinski definition) is 2. The summed E-state index contributed by atoms with van der Waals surface area (Å²) in [6, 6.07) is 3.75. The number of pyridine rings is 1. The van der Waals surface area contributed by atoms with E-state index in [2.05, 4.69) is 10.3 Å². The van der Waals surface area contributed by atoms with E-state index in [1.807, 2.05) is 19.1 Å². The van der Waals surface area contributed by atoms with Crippen LogP contribution in [0.15, 0.2) is 18.3 Å². The Balaban J connectivity index is 1.56. The molecule has 0 aliphatic heterocycles. The van der Waals surface area contributed by atoms with Gasteiger partial charge < -0.3 is 11.1 Å². The van der Waals surface area contributed by atoms with Crippen LogP contribution in [0, 0.1) is 18.8 Å². The van der Waals surface area contributed by atoms with E-state index in [1.54, 1.807) is 6.20 Å². The average Bonchev–Trinajstić information content (AvgIpc) is 2.35. The van der Waals surface area contributed by atoms with Gasteiger partial charge in [-0.25, -0.2) is 0 Å². The second-order valence-electron chi connectivity index (χ2n) is 7.78. The number of carbonyl (C=O) groups excluding carboxylic acids is 1. The first kappa shape index (κ1) is 13.3. The Hall–Kier alpha value is -1.42. The lowest BCUT2D eigenvalue weighted by atomic mass is 9.50. The highest BCUT2D eigenvalue weighted by molar-refractivity contribution is 5.92. The van der Waals surface area contributed by atoms with Gasteiger partial charge in [-0.3, -0.25) is 9.78 Å². The molecule has 21 heavy (non-hydrogen) atoms. The van der Waals surface area contributed by atoms with E-state index < -0.39 is 0 Å². The topological polar surface area (TPSA) is 68.0 Å². The summed E-state index contributed by atoms with van der Waals surface area (Å²) < 4.78 is 0. The minimum Gasteiger partial charge on any atom is -0.345 e. The molecule has 1 amide bonds. The van der Waals surface area contributed by atoms with Gasteiger partial charge in [0.15, 0.2) is 0 Å². The van der Waals surface area contributed by atoms with E-state index in [1.165, 1.54) is 6.42 Å². The minimum absolute atomic E-state index is 0.0412. The van der Waals surface area contributed by atoms with Gasteiger partial charge in [0.1, 0.15) is 5.69 Å². The number of amides is 1. The van der Waals surface area contributed by atoms with Crippen molar-refractivity contribution in [3.63, 3.8) is 0 Å². The fourth-order valence-corrected chi connectivity index (χ4v) is 5.39. The Morgan fingerprint density at radius 2 is 2.00 bits per heavy atom. The summed E-state index contributed by atoms with van der Waals surface area (Å²) in [5.74, 6) is 1.35. The maximum absolute atomic E-state index is 12.5. The molecule has 2 unspecified atom stereocenters. The van der Waals surface area contributed by atoms with E-state index >= 15 is 0 Å². The molecule has 4 saturated carbocycles. The van der Waals surface area contributed by atoms with Gasteiger partial charge in [-0.15, -0.1) is 0 Å². The molecule has 4 fully saturated rings. The number of hydrogen-bond acceptors (Lipinski definition) is 3. The zero-order chi connectivity index (χ0) is 14.7. The Labute approximate surface area is 125 Å². The molecule has 1 aromatic rings. The summed E-state index contributed by atoms with van der Waals surface area (Å²) in [5.41, 5.74) is 8.04. The third-order valence-electron chi connectivity index (χ3n) is 5.63. The molecule has 3 N–H and O–H groups in total. The largest absolute Gasteiger partial charge is 0.345 e. The summed E-state index contributed by atoms with van der Waals surface area (Å²) in [5, 5.41) is 3.30. The number of nitrogens with one attached hydrogen (secondary N) is 1. The van der Waals surface area contributed by atoms with Crippen molar-refractivity contribution in [2.45, 2.75) is 56.5 Å². The summed E-state index contributed by atoms with van der Waals surface area (Å²) in [7, 11) is 0. The Morgan fingerprint density at radius 1 is 1.29 bits per heavy atom. The molecular formula is C17H23N3O. The van der Waals surface area contributed by atoms with Crippen LogP contribution in [-0.2, 0) is 0 Å². The van der Waals surface area contributed by atoms with Crippen LogP contribution >= 0.6 is 0 Å². The first-order chi connectivity index (χ1) is 9.95. The lowest BCUT2D eigenvalue weighted by molar-refractivity contribution is -0.0321. The maximum Gasteiger partial charge on any atom is 0.270 e. The quantitative estimate of drug-likeness (QED) is 0.875. The van der Waals surface area contributed by atoms with Crippen LogP contribution in [-0.4, -0.2) is 22.0 Å². The third kappa shape index (κ3) is 2.26. The van der Waals surface area contributed by atoms with Crippen LogP contribution < -0.4 is 11.1 Å². The van der Waals surface area contributed by atoms with Gasteiger partial charge in [-0.1, -0.05) is 6.07 Å². The second-order valence-corrected chi connectivity index (χ2v) is 7.78. The van der Waals surface area contributed by atoms with Gasteiger partial charge >= 0.3 is 0 Å². The molecule has 1 aromatic heterocycles. The van der Waals surface area contributed by atoms with Gasteiger partial charge in [0.05, 0.1) is 0 Å². The van der Waals surface area contributed by atoms with Crippen LogP contribution in [0.3, 0.4) is 0 Å². The van der Waals surface area contributed by atoms with E-state index in [0.717, 1.165) is 37.7 Å². The van der Waals surface area contributed by atoms with E-state index in [-0.39, 0.29) is 17.0 Å². The predicted octanol–water partition coefficient (Wildman–Crippen LogP) is 2.17. The van der Waals surface area contributed by atoms with Crippen molar-refractivity contribution >= 4 is 5.91 Å². The molecule has 5 rings (SSSR count). The van der Waals surface area contributed by atoms with Crippen LogP contribution in [0.4, 0.5) is 0 Å². The van der Waals surface area contributed by atoms with E-state index in [0.29, 0.717) is 17.5 Å². The Bertz CT molecular complexity index is 566. The van der Waals surface area contributed by atoms with Crippen molar-refractivity contribution in [2.75, 3.05) is 0 Å². The zero-order valence-corrected chi connectivity index (χ0v) is 12.6. The SMILES string of the molecule is Cc1ccc(C(=O)NC23CC4CC(CC(N)(C4)C2)C3)nc1. The first-order valence-electron chi connectivity index (χ1n) is 7.99. The molecule has 4 heteroatoms. The third-order valence-corrected chi connectivity index (χ3v) is 5.63. The summed E-state index contributed by atoms with van der Waals surface area (Å²) >= 11 is 0. The normalized spacial score (nSPS) is 40.3. The lowest BCUT2D eigenvalue weighted by Gasteiger charge is -2.61. The molecule has 4 bridgehead atoms. The van der Waals surface area contributed by atoms with E-state index in [9.17, 15) is 4.79 Å². The van der Waals surface area contributed by atoms with Crippen molar-refractivity contribution in [1.82, 2.24) is 10.3 Å². The number of nitrogens with two attached hydrogens (primary N) is 1. The van der Waals surface area contributed by atoms with Gasteiger partial charge in [0.25, 0.3) is 5.91 Å². The molecular weight excluding hydrogens is 262 g/mol. The van der Waals surface area contributed by atoms with Crippen LogP contribution in [0.5, 0.6) is 0 Å². The fraction of sp³-hybridized carbons (Fsp3) is 0.647. The molecule has 4 aliphatic rings. The number of rotatable bonds is 2. The van der Waals surface area contributed by atoms with Crippen LogP contribution in [0.2, 0.25) is 0 Å². The van der Waals surface area contributed by atoms with Crippen molar-refractivity contribution in [1.29, 1.82) is 0 Å². The lowest BCUT2D eigenvalue weighted by Crippen LogP contribution is -2.68. The number of carbonyl (C=O) groups is 1. The molecule has 112 valence electrons. The molecule has 0 radical (unpaired) electrons. The second kappa shape index (κ2) is 4.29. The van der Waals surface area contributed by atoms with Crippen molar-refractivity contribution in [3.8, 4) is 0 Å². The predicted molar refractivity (Wildman–Crippen MR) is 80.8 cm³/mol. The van der Waals surface area contributed by atoms with Gasteiger partial charge in [-0.2, -0.15) is 0 Å². The Kier molecular flexibility index (Phi) is 2.71. The average molecular weight is 285 g/mol. The van der Waals surface area contributed by atoms with Crippen LogP contribution in [0.1, 0.15) is 54.6 Å². The number of aromatic nitrogens is 1. The molecule has 2 atom stereocenters. The van der Waals surface area contributed by atoms with Gasteiger partial charge in [0.2, 0.25) is 0 Å². The number of nitrogens with zero attached hydrogens (tertiary/aromatic N) is 1. The highest BCUT2D eigenvalue weighted by Gasteiger charge is 2.56. The molecule has 0 saturated heterocycles. The standard InChI is InChI=1S/C17H23N3O/c1-11-2-3-14(19-9-11)15(21)20-17-7-12-4-13(8-17)6-16(18,5-12)10-17/h2-3,9,12-13H,4-8,10,18H2,1H3,(H,20,21). The van der Waals surface area contributed by atoms with Crippen LogP contribution in [0.25, 0.3) is 0 Å². The number of aryl methyl sites for hydroxylation is 1. The minimum atomic E-state index is -0.0809. The highest BCUT2D eigenvalue weighted by atomic mass is 16.2. The highest BCUT2D eigenvalue weighted by Crippen LogP contribution is 2.56. The first-order valence-corrected chi connectivity index (χ1v) is 7.99. The smallest absolute Gasteiger partial charge is 0.270 e. The van der Waals surface area contributed by atoms with Crippen molar-refractivity contribution in [3.05, 3.63) is 29.6 Å². The fourth-order valence-electron chi connectivity index (χ4n) is 5.39. The zero-order valence-electron chi connectivity index (χ0n) is 12.6. The maximum atomic E-state index is 12.5. The van der Waals surface area contributed by atoms with Crippen molar-refractivity contribution in [2.24, 2.45) is 17.6 Å². The van der Waals surface area contributed by atoms with Gasteiger partial charge in [0, 0.05) is 17.3 Å². The molecule has 4 nitrogen and oxygen atoms in total. The molecule has 0 aromatic carbocycles. The summed E-state index contributed by atoms with van der Waals surface area (Å²) in [6.45, 7) is 1.98. The molecule has 4 aliphatic carbocycles. The molecule has 0 spiro atoms. The van der Waals surface area contributed by atoms with Crippen molar-refractivity contribution < 1.29 is 4.79 Å². The van der Waals surface area contributed by atoms with Gasteiger partial charge in [-0.05, 0) is 68.9 Å². The molecule has 1 heterocycles. The monoisotopic (exact) mass is 285 g/mol.